The summed E-state index contributed by atoms with van der Waals surface area (Å²) in [5.74, 6) is -1.06. The van der Waals surface area contributed by atoms with E-state index < -0.39 is 17.4 Å². The number of aliphatic carboxylic acids is 1. The Morgan fingerprint density at radius 1 is 1.23 bits per heavy atom. The van der Waals surface area contributed by atoms with Crippen molar-refractivity contribution in [2.75, 3.05) is 13.2 Å². The van der Waals surface area contributed by atoms with Crippen LogP contribution < -0.4 is 10.1 Å². The maximum absolute atomic E-state index is 12.5. The summed E-state index contributed by atoms with van der Waals surface area (Å²) in [6, 6.07) is 13.9. The Labute approximate surface area is 155 Å². The standard InChI is InChI=1S/C19H18ClNO5/c20-15-6-4-13(5-7-15)11-26-16-3-1-2-14(10-16)17(22)21-19(18(23)24)8-9-25-12-19/h1-7,10H,8-9,11-12H2,(H,21,22)(H,23,24). The van der Waals surface area contributed by atoms with Crippen LogP contribution in [0.25, 0.3) is 0 Å². The molecule has 26 heavy (non-hydrogen) atoms. The van der Waals surface area contributed by atoms with Gasteiger partial charge in [0.2, 0.25) is 0 Å². The number of benzene rings is 2. The highest BCUT2D eigenvalue weighted by Crippen LogP contribution is 2.21. The second-order valence-electron chi connectivity index (χ2n) is 6.09. The quantitative estimate of drug-likeness (QED) is 0.811. The molecule has 136 valence electrons. The molecule has 0 aromatic heterocycles. The van der Waals surface area contributed by atoms with Crippen LogP contribution in [0, 0.1) is 0 Å². The first-order valence-corrected chi connectivity index (χ1v) is 8.47. The van der Waals surface area contributed by atoms with Crippen molar-refractivity contribution in [3.05, 3.63) is 64.7 Å². The smallest absolute Gasteiger partial charge is 0.331 e. The summed E-state index contributed by atoms with van der Waals surface area (Å²) in [6.45, 7) is 0.590. The summed E-state index contributed by atoms with van der Waals surface area (Å²) in [5.41, 5.74) is -0.111. The number of hydrogen-bond acceptors (Lipinski definition) is 4. The van der Waals surface area contributed by atoms with Crippen molar-refractivity contribution in [3.8, 4) is 5.75 Å². The fourth-order valence-electron chi connectivity index (χ4n) is 2.65. The normalized spacial score (nSPS) is 19.1. The molecule has 1 atom stereocenters. The Bertz CT molecular complexity index is 800. The summed E-state index contributed by atoms with van der Waals surface area (Å²) in [7, 11) is 0. The number of nitrogens with one attached hydrogen (secondary N) is 1. The molecule has 3 rings (SSSR count). The van der Waals surface area contributed by atoms with E-state index in [1.54, 1.807) is 36.4 Å². The molecule has 2 aromatic rings. The van der Waals surface area contributed by atoms with Gasteiger partial charge in [0, 0.05) is 23.6 Å². The van der Waals surface area contributed by atoms with E-state index in [9.17, 15) is 14.7 Å². The first kappa shape index (κ1) is 18.2. The molecule has 0 spiro atoms. The van der Waals surface area contributed by atoms with Gasteiger partial charge in [-0.3, -0.25) is 4.79 Å². The fourth-order valence-corrected chi connectivity index (χ4v) is 2.78. The number of halogens is 1. The predicted octanol–water partition coefficient (Wildman–Crippen LogP) is 2.89. The molecule has 7 heteroatoms. The van der Waals surface area contributed by atoms with Crippen LogP contribution in [0.15, 0.2) is 48.5 Å². The van der Waals surface area contributed by atoms with Crippen LogP contribution in [0.2, 0.25) is 5.02 Å². The van der Waals surface area contributed by atoms with E-state index in [0.717, 1.165) is 5.56 Å². The Morgan fingerprint density at radius 2 is 2.00 bits per heavy atom. The number of carboxylic acid groups (broad SMARTS) is 1. The van der Waals surface area contributed by atoms with Crippen molar-refractivity contribution in [2.24, 2.45) is 0 Å². The number of ether oxygens (including phenoxy) is 2. The molecule has 2 aromatic carbocycles. The van der Waals surface area contributed by atoms with Crippen LogP contribution in [0.3, 0.4) is 0 Å². The van der Waals surface area contributed by atoms with E-state index in [1.807, 2.05) is 12.1 Å². The van der Waals surface area contributed by atoms with Gasteiger partial charge in [-0.15, -0.1) is 0 Å². The van der Waals surface area contributed by atoms with Crippen molar-refractivity contribution < 1.29 is 24.2 Å². The zero-order valence-corrected chi connectivity index (χ0v) is 14.7. The summed E-state index contributed by atoms with van der Waals surface area (Å²) in [5, 5.41) is 12.6. The summed E-state index contributed by atoms with van der Waals surface area (Å²) in [4.78, 5) is 24.0. The lowest BCUT2D eigenvalue weighted by molar-refractivity contribution is -0.144. The number of rotatable bonds is 6. The lowest BCUT2D eigenvalue weighted by Crippen LogP contribution is -2.55. The van der Waals surface area contributed by atoms with Gasteiger partial charge in [0.15, 0.2) is 5.54 Å². The van der Waals surface area contributed by atoms with E-state index >= 15 is 0 Å². The molecule has 6 nitrogen and oxygen atoms in total. The largest absolute Gasteiger partial charge is 0.489 e. The summed E-state index contributed by atoms with van der Waals surface area (Å²) < 4.78 is 10.8. The van der Waals surface area contributed by atoms with Gasteiger partial charge in [-0.05, 0) is 35.9 Å². The number of carbonyl (C=O) groups is 2. The van der Waals surface area contributed by atoms with Crippen LogP contribution in [-0.4, -0.2) is 35.7 Å². The third-order valence-electron chi connectivity index (χ3n) is 4.20. The Balaban J connectivity index is 1.67. The molecule has 1 heterocycles. The molecule has 2 N–H and O–H groups in total. The molecule has 1 aliphatic heterocycles. The van der Waals surface area contributed by atoms with Crippen LogP contribution >= 0.6 is 11.6 Å². The zero-order chi connectivity index (χ0) is 18.6. The van der Waals surface area contributed by atoms with Gasteiger partial charge < -0.3 is 19.9 Å². The highest BCUT2D eigenvalue weighted by molar-refractivity contribution is 6.30. The van der Waals surface area contributed by atoms with Crippen molar-refractivity contribution in [3.63, 3.8) is 0 Å². The molecule has 1 fully saturated rings. The molecule has 0 bridgehead atoms. The van der Waals surface area contributed by atoms with Gasteiger partial charge in [0.25, 0.3) is 5.91 Å². The van der Waals surface area contributed by atoms with Gasteiger partial charge in [-0.1, -0.05) is 29.8 Å². The third kappa shape index (κ3) is 4.15. The maximum atomic E-state index is 12.5. The minimum Gasteiger partial charge on any atom is -0.489 e. The first-order valence-electron chi connectivity index (χ1n) is 8.09. The minimum atomic E-state index is -1.38. The highest BCUT2D eigenvalue weighted by atomic mass is 35.5. The number of carbonyl (C=O) groups excluding carboxylic acids is 1. The molecule has 1 aliphatic rings. The molecule has 1 unspecified atom stereocenters. The predicted molar refractivity (Wildman–Crippen MR) is 95.5 cm³/mol. The van der Waals surface area contributed by atoms with E-state index in [2.05, 4.69) is 5.32 Å². The van der Waals surface area contributed by atoms with Crippen LogP contribution in [0.5, 0.6) is 5.75 Å². The van der Waals surface area contributed by atoms with Crippen LogP contribution in [-0.2, 0) is 16.1 Å². The van der Waals surface area contributed by atoms with Crippen molar-refractivity contribution in [1.82, 2.24) is 5.32 Å². The van der Waals surface area contributed by atoms with E-state index in [1.165, 1.54) is 0 Å². The Morgan fingerprint density at radius 3 is 2.65 bits per heavy atom. The maximum Gasteiger partial charge on any atom is 0.331 e. The van der Waals surface area contributed by atoms with Gasteiger partial charge >= 0.3 is 5.97 Å². The van der Waals surface area contributed by atoms with Gasteiger partial charge in [0.05, 0.1) is 6.61 Å². The lowest BCUT2D eigenvalue weighted by Gasteiger charge is -2.23. The molecule has 1 amide bonds. The second-order valence-corrected chi connectivity index (χ2v) is 6.52. The zero-order valence-electron chi connectivity index (χ0n) is 13.9. The molecular weight excluding hydrogens is 358 g/mol. The first-order chi connectivity index (χ1) is 12.5. The SMILES string of the molecule is O=C(NC1(C(=O)O)CCOC1)c1cccc(OCc2ccc(Cl)cc2)c1. The molecule has 0 aliphatic carbocycles. The van der Waals surface area contributed by atoms with Crippen molar-refractivity contribution in [2.45, 2.75) is 18.6 Å². The van der Waals surface area contributed by atoms with Gasteiger partial charge in [-0.2, -0.15) is 0 Å². The Hall–Kier alpha value is -2.57. The van der Waals surface area contributed by atoms with Crippen LogP contribution in [0.4, 0.5) is 0 Å². The van der Waals surface area contributed by atoms with E-state index in [-0.39, 0.29) is 13.0 Å². The van der Waals surface area contributed by atoms with Gasteiger partial charge in [0.1, 0.15) is 12.4 Å². The van der Waals surface area contributed by atoms with Crippen molar-refractivity contribution in [1.29, 1.82) is 0 Å². The number of carboxylic acids is 1. The van der Waals surface area contributed by atoms with Gasteiger partial charge in [-0.25, -0.2) is 4.79 Å². The second kappa shape index (κ2) is 7.76. The van der Waals surface area contributed by atoms with E-state index in [0.29, 0.717) is 29.5 Å². The molecule has 0 saturated carbocycles. The highest BCUT2D eigenvalue weighted by Gasteiger charge is 2.44. The monoisotopic (exact) mass is 375 g/mol. The molecule has 0 radical (unpaired) electrons. The molecular formula is C19H18ClNO5. The van der Waals surface area contributed by atoms with E-state index in [4.69, 9.17) is 21.1 Å². The lowest BCUT2D eigenvalue weighted by atomic mass is 9.98. The number of amides is 1. The fraction of sp³-hybridized carbons (Fsp3) is 0.263. The Kier molecular flexibility index (Phi) is 5.44. The van der Waals surface area contributed by atoms with Crippen molar-refractivity contribution >= 4 is 23.5 Å². The minimum absolute atomic E-state index is 0.0408. The van der Waals surface area contributed by atoms with Crippen LogP contribution in [0.1, 0.15) is 22.3 Å². The third-order valence-corrected chi connectivity index (χ3v) is 4.45. The summed E-state index contributed by atoms with van der Waals surface area (Å²) >= 11 is 5.85. The average Bonchev–Trinajstić information content (AvgIpc) is 3.11. The number of hydrogen-bond donors (Lipinski definition) is 2. The molecule has 1 saturated heterocycles. The average molecular weight is 376 g/mol. The summed E-state index contributed by atoms with van der Waals surface area (Å²) in [6.07, 6.45) is 0.237. The topological polar surface area (TPSA) is 84.9 Å².